The molecule has 4 aromatic carbocycles. The summed E-state index contributed by atoms with van der Waals surface area (Å²) in [6, 6.07) is 33.7. The van der Waals surface area contributed by atoms with E-state index in [0.717, 1.165) is 29.6 Å². The smallest absolute Gasteiger partial charge is 0.0275 e. The van der Waals surface area contributed by atoms with Crippen LogP contribution >= 0.6 is 0 Å². The van der Waals surface area contributed by atoms with Gasteiger partial charge in [0.1, 0.15) is 0 Å². The summed E-state index contributed by atoms with van der Waals surface area (Å²) in [6.45, 7) is 11.2. The zero-order valence-electron chi connectivity index (χ0n) is 35.5. The lowest BCUT2D eigenvalue weighted by Crippen LogP contribution is -2.33. The summed E-state index contributed by atoms with van der Waals surface area (Å²) >= 11 is 0. The van der Waals surface area contributed by atoms with Gasteiger partial charge in [-0.3, -0.25) is 0 Å². The van der Waals surface area contributed by atoms with Gasteiger partial charge in [-0.25, -0.2) is 0 Å². The summed E-state index contributed by atoms with van der Waals surface area (Å²) in [5.74, 6) is 5.36. The molecule has 3 fully saturated rings. The predicted octanol–water partition coefficient (Wildman–Crippen LogP) is 15.7. The Bertz CT molecular complexity index is 2660. The molecule has 0 heterocycles. The SMILES string of the molecule is C#CC(=CCC)c1ccccc1.C=C(/C=C(\C)C12C=CC=CC1C2)c1ccc(-c2cc3c(c(-c4ccc(C5=CCC6(CC)C=CC=CC67CC57)cc4)c2)C2CC2C=C3)cc1. The molecule has 0 bridgehead atoms. The zero-order valence-corrected chi connectivity index (χ0v) is 35.5. The minimum absolute atomic E-state index is 0.224. The summed E-state index contributed by atoms with van der Waals surface area (Å²) < 4.78 is 0. The first-order valence-corrected chi connectivity index (χ1v) is 22.4. The van der Waals surface area contributed by atoms with Crippen LogP contribution in [-0.4, -0.2) is 0 Å². The van der Waals surface area contributed by atoms with Gasteiger partial charge in [-0.05, 0) is 142 Å². The number of hydrogen-bond donors (Lipinski definition) is 0. The maximum absolute atomic E-state index is 5.37. The molecule has 60 heavy (non-hydrogen) atoms. The van der Waals surface area contributed by atoms with Crippen molar-refractivity contribution in [3.05, 3.63) is 204 Å². The average molecular weight is 777 g/mol. The molecule has 0 N–H and O–H groups in total. The van der Waals surface area contributed by atoms with Gasteiger partial charge in [-0.1, -0.05) is 190 Å². The molecule has 0 saturated heterocycles. The number of benzene rings is 4. The van der Waals surface area contributed by atoms with E-state index in [4.69, 9.17) is 6.42 Å². The summed E-state index contributed by atoms with van der Waals surface area (Å²) in [5.41, 5.74) is 18.0. The number of terminal acetylenes is 1. The monoisotopic (exact) mass is 776 g/mol. The third kappa shape index (κ3) is 6.46. The first kappa shape index (κ1) is 38.3. The molecule has 4 aromatic rings. The van der Waals surface area contributed by atoms with Crippen LogP contribution in [0.25, 0.3) is 45.0 Å². The highest BCUT2D eigenvalue weighted by atomic mass is 14.7. The summed E-state index contributed by atoms with van der Waals surface area (Å²) in [4.78, 5) is 0. The van der Waals surface area contributed by atoms with Crippen LogP contribution in [0.4, 0.5) is 0 Å². The molecule has 3 saturated carbocycles. The summed E-state index contributed by atoms with van der Waals surface area (Å²) in [6.07, 6.45) is 43.1. The van der Waals surface area contributed by atoms with E-state index >= 15 is 0 Å². The molecule has 1 spiro atoms. The molecule has 11 rings (SSSR count). The molecule has 7 aliphatic rings. The summed E-state index contributed by atoms with van der Waals surface area (Å²) in [7, 11) is 0. The van der Waals surface area contributed by atoms with Gasteiger partial charge in [0.25, 0.3) is 0 Å². The Labute approximate surface area is 358 Å². The molecular weight excluding hydrogens is 721 g/mol. The van der Waals surface area contributed by atoms with Crippen LogP contribution in [0.3, 0.4) is 0 Å². The van der Waals surface area contributed by atoms with Crippen LogP contribution in [0.15, 0.2) is 176 Å². The normalized spacial score (nSPS) is 29.3. The topological polar surface area (TPSA) is 0 Å². The molecule has 7 aliphatic carbocycles. The molecule has 296 valence electrons. The van der Waals surface area contributed by atoms with Gasteiger partial charge >= 0.3 is 0 Å². The van der Waals surface area contributed by atoms with E-state index in [1.165, 1.54) is 70.2 Å². The molecular formula is C60H56. The van der Waals surface area contributed by atoms with Crippen molar-refractivity contribution in [3.63, 3.8) is 0 Å². The molecule has 7 atom stereocenters. The van der Waals surface area contributed by atoms with Gasteiger partial charge in [0.15, 0.2) is 0 Å². The minimum atomic E-state index is 0.224. The Morgan fingerprint density at radius 3 is 2.30 bits per heavy atom. The van der Waals surface area contributed by atoms with Crippen LogP contribution in [0.5, 0.6) is 0 Å². The quantitative estimate of drug-likeness (QED) is 0.117. The van der Waals surface area contributed by atoms with Gasteiger partial charge in [-0.15, -0.1) is 6.42 Å². The van der Waals surface area contributed by atoms with Gasteiger partial charge in [0.05, 0.1) is 0 Å². The zero-order chi connectivity index (χ0) is 41.1. The Morgan fingerprint density at radius 2 is 1.55 bits per heavy atom. The second kappa shape index (κ2) is 15.0. The predicted molar refractivity (Wildman–Crippen MR) is 256 cm³/mol. The molecule has 0 radical (unpaired) electrons. The third-order valence-corrected chi connectivity index (χ3v) is 15.3. The number of hydrogen-bond acceptors (Lipinski definition) is 0. The standard InChI is InChI=1S/C48H44.C12H12/c1-4-46-21-7-8-23-48(46)30-44(48)41(20-24-46)35-14-16-36(17-15-35)42-28-39(26-38-19-18-37-27-43(37)45(38)42)34-12-10-33(11-13-34)31(2)25-32(3)47-22-6-5-9-40(47)29-47;1-3-8-11(4-2)12-9-6-5-7-10-12/h5-23,25-26,28,37,40,43-44H,2,4,24,27,29-30H2,1,3H3;2,5-10H,3H2,1H3/b32-25+;. The van der Waals surface area contributed by atoms with E-state index in [2.05, 4.69) is 173 Å². The highest BCUT2D eigenvalue weighted by Crippen LogP contribution is 2.74. The molecule has 0 heteroatoms. The molecule has 7 unspecified atom stereocenters. The van der Waals surface area contributed by atoms with Crippen LogP contribution < -0.4 is 0 Å². The fraction of sp³-hybridized carbons (Fsp3) is 0.267. The molecule has 0 aromatic heterocycles. The van der Waals surface area contributed by atoms with Crippen molar-refractivity contribution in [1.82, 2.24) is 0 Å². The van der Waals surface area contributed by atoms with Crippen LogP contribution in [-0.2, 0) is 0 Å². The Hall–Kier alpha value is -5.90. The van der Waals surface area contributed by atoms with Crippen molar-refractivity contribution in [2.45, 2.75) is 65.2 Å². The highest BCUT2D eigenvalue weighted by molar-refractivity contribution is 5.85. The fourth-order valence-corrected chi connectivity index (χ4v) is 11.4. The van der Waals surface area contributed by atoms with E-state index in [-0.39, 0.29) is 5.41 Å². The largest absolute Gasteiger partial charge is 0.115 e. The van der Waals surface area contributed by atoms with Crippen LogP contribution in [0.1, 0.15) is 93.0 Å². The number of allylic oxidation sites excluding steroid dienone is 16. The minimum Gasteiger partial charge on any atom is -0.115 e. The van der Waals surface area contributed by atoms with Crippen molar-refractivity contribution < 1.29 is 0 Å². The lowest BCUT2D eigenvalue weighted by atomic mass is 9.62. The van der Waals surface area contributed by atoms with Gasteiger partial charge in [0.2, 0.25) is 0 Å². The van der Waals surface area contributed by atoms with Crippen molar-refractivity contribution in [3.8, 4) is 34.6 Å². The maximum Gasteiger partial charge on any atom is 0.0275 e. The van der Waals surface area contributed by atoms with E-state index < -0.39 is 0 Å². The van der Waals surface area contributed by atoms with Crippen LogP contribution in [0, 0.1) is 46.3 Å². The van der Waals surface area contributed by atoms with Crippen LogP contribution in [0.2, 0.25) is 0 Å². The van der Waals surface area contributed by atoms with Gasteiger partial charge in [0, 0.05) is 21.8 Å². The van der Waals surface area contributed by atoms with E-state index in [0.29, 0.717) is 34.5 Å². The van der Waals surface area contributed by atoms with E-state index in [1.54, 1.807) is 11.1 Å². The first-order valence-electron chi connectivity index (χ1n) is 22.4. The fourth-order valence-electron chi connectivity index (χ4n) is 11.4. The van der Waals surface area contributed by atoms with Crippen molar-refractivity contribution >= 4 is 22.8 Å². The van der Waals surface area contributed by atoms with Crippen molar-refractivity contribution in [1.29, 1.82) is 0 Å². The van der Waals surface area contributed by atoms with Crippen molar-refractivity contribution in [2.24, 2.45) is 34.0 Å². The molecule has 0 nitrogen and oxygen atoms in total. The Morgan fingerprint density at radius 1 is 0.800 bits per heavy atom. The second-order valence-corrected chi connectivity index (χ2v) is 18.4. The van der Waals surface area contributed by atoms with Gasteiger partial charge < -0.3 is 0 Å². The highest BCUT2D eigenvalue weighted by Gasteiger charge is 2.66. The van der Waals surface area contributed by atoms with E-state index in [1.807, 2.05) is 30.3 Å². The average Bonchev–Trinajstić information content (AvgIpc) is 4.22. The van der Waals surface area contributed by atoms with E-state index in [9.17, 15) is 0 Å². The maximum atomic E-state index is 5.37. The van der Waals surface area contributed by atoms with Gasteiger partial charge in [-0.2, -0.15) is 0 Å². The first-order chi connectivity index (χ1) is 29.3. The lowest BCUT2D eigenvalue weighted by Gasteiger charge is -2.42. The van der Waals surface area contributed by atoms with Crippen molar-refractivity contribution in [2.75, 3.05) is 0 Å². The Kier molecular flexibility index (Phi) is 9.56. The Balaban J connectivity index is 0.000000314. The summed E-state index contributed by atoms with van der Waals surface area (Å²) in [5, 5.41) is 0. The molecule has 0 aliphatic heterocycles. The molecule has 0 amide bonds. The number of fused-ring (bicyclic) bond motifs is 4. The second-order valence-electron chi connectivity index (χ2n) is 18.4. The number of rotatable bonds is 9. The third-order valence-electron chi connectivity index (χ3n) is 15.3. The lowest BCUT2D eigenvalue weighted by molar-refractivity contribution is 0.225.